The predicted molar refractivity (Wildman–Crippen MR) is 157 cm³/mol. The van der Waals surface area contributed by atoms with E-state index in [1.54, 1.807) is 7.11 Å². The molecule has 2 saturated heterocycles. The summed E-state index contributed by atoms with van der Waals surface area (Å²) < 4.78 is 11.8. The van der Waals surface area contributed by atoms with Crippen molar-refractivity contribution < 1.29 is 14.6 Å². The van der Waals surface area contributed by atoms with Gasteiger partial charge in [-0.2, -0.15) is 0 Å². The number of ether oxygens (including phenoxy) is 2. The van der Waals surface area contributed by atoms with E-state index < -0.39 is 0 Å². The van der Waals surface area contributed by atoms with Gasteiger partial charge in [-0.1, -0.05) is 24.3 Å². The third-order valence-electron chi connectivity index (χ3n) is 9.34. The number of phenols is 1. The summed E-state index contributed by atoms with van der Waals surface area (Å²) in [6.07, 6.45) is 8.58. The minimum absolute atomic E-state index is 0.365. The fourth-order valence-electron chi connectivity index (χ4n) is 7.21. The van der Waals surface area contributed by atoms with Gasteiger partial charge in [-0.05, 0) is 110 Å². The van der Waals surface area contributed by atoms with Crippen molar-refractivity contribution in [2.75, 3.05) is 31.7 Å². The van der Waals surface area contributed by atoms with Crippen LogP contribution in [0.2, 0.25) is 0 Å². The van der Waals surface area contributed by atoms with Crippen LogP contribution in [0.4, 0.5) is 5.69 Å². The maximum atomic E-state index is 9.91. The molecule has 0 amide bonds. The first-order chi connectivity index (χ1) is 19.1. The minimum atomic E-state index is 0.365. The Bertz CT molecular complexity index is 1250. The van der Waals surface area contributed by atoms with E-state index in [1.807, 2.05) is 12.1 Å². The lowest BCUT2D eigenvalue weighted by Crippen LogP contribution is -2.32. The number of hydrogen-bond acceptors (Lipinski definition) is 5. The third kappa shape index (κ3) is 5.60. The van der Waals surface area contributed by atoms with Crippen molar-refractivity contribution in [2.45, 2.75) is 76.4 Å². The van der Waals surface area contributed by atoms with Crippen LogP contribution in [0.25, 0.3) is 0 Å². The molecule has 6 rings (SSSR count). The number of methoxy groups -OCH3 is 1. The molecule has 39 heavy (non-hydrogen) atoms. The Hall–Kier alpha value is -3.18. The van der Waals surface area contributed by atoms with Gasteiger partial charge in [0.2, 0.25) is 0 Å². The van der Waals surface area contributed by atoms with Crippen molar-refractivity contribution in [1.82, 2.24) is 4.90 Å². The van der Waals surface area contributed by atoms with Gasteiger partial charge in [0.05, 0.1) is 7.11 Å². The minimum Gasteiger partial charge on any atom is -0.508 e. The predicted octanol–water partition coefficient (Wildman–Crippen LogP) is 6.71. The number of anilines is 1. The zero-order chi connectivity index (χ0) is 26.8. The molecule has 0 radical (unpaired) electrons. The molecule has 206 valence electrons. The monoisotopic (exact) mass is 526 g/mol. The summed E-state index contributed by atoms with van der Waals surface area (Å²) >= 11 is 0. The fraction of sp³-hybridized carbons (Fsp3) is 0.471. The number of aromatic hydroxyl groups is 1. The molecule has 2 heterocycles. The molecule has 2 fully saturated rings. The summed E-state index contributed by atoms with van der Waals surface area (Å²) in [5, 5.41) is 9.91. The molecule has 5 heteroatoms. The number of fused-ring (bicyclic) bond motifs is 3. The van der Waals surface area contributed by atoms with E-state index in [9.17, 15) is 5.11 Å². The highest BCUT2D eigenvalue weighted by atomic mass is 16.5. The summed E-state index contributed by atoms with van der Waals surface area (Å²) in [5.41, 5.74) is 6.54. The Morgan fingerprint density at radius 3 is 2.33 bits per heavy atom. The van der Waals surface area contributed by atoms with Crippen molar-refractivity contribution in [2.24, 2.45) is 0 Å². The van der Waals surface area contributed by atoms with Gasteiger partial charge >= 0.3 is 0 Å². The second kappa shape index (κ2) is 11.5. The quantitative estimate of drug-likeness (QED) is 0.318. The highest BCUT2D eigenvalue weighted by molar-refractivity contribution is 5.60. The Morgan fingerprint density at radius 1 is 0.872 bits per heavy atom. The Kier molecular flexibility index (Phi) is 7.69. The summed E-state index contributed by atoms with van der Waals surface area (Å²) in [4.78, 5) is 5.14. The summed E-state index contributed by atoms with van der Waals surface area (Å²) in [6.45, 7) is 5.79. The standard InChI is InChI=1S/C34H42N2O3/c1-3-35(23-24-4-14-31(15-5-24)39-19-18-36-28-9-10-29(36)12-11-28)34-22-32(38-2)16-17-33(34)27-7-6-26-21-30(37)13-8-25(26)20-27/h4-5,8,13-17,21-22,27-29,37H,3,6-7,9-12,18-20,23H2,1-2H3/t27-,28?,29?/m1/s1. The van der Waals surface area contributed by atoms with Crippen LogP contribution in [0.3, 0.4) is 0 Å². The summed E-state index contributed by atoms with van der Waals surface area (Å²) in [6, 6.07) is 22.7. The molecule has 2 aliphatic heterocycles. The van der Waals surface area contributed by atoms with Gasteiger partial charge < -0.3 is 19.5 Å². The van der Waals surface area contributed by atoms with Crippen LogP contribution >= 0.6 is 0 Å². The van der Waals surface area contributed by atoms with Gasteiger partial charge in [-0.25, -0.2) is 0 Å². The average molecular weight is 527 g/mol. The molecular weight excluding hydrogens is 484 g/mol. The van der Waals surface area contributed by atoms with Crippen LogP contribution in [-0.4, -0.2) is 48.9 Å². The second-order valence-corrected chi connectivity index (χ2v) is 11.5. The van der Waals surface area contributed by atoms with E-state index >= 15 is 0 Å². The van der Waals surface area contributed by atoms with Gasteiger partial charge in [-0.15, -0.1) is 0 Å². The average Bonchev–Trinajstić information content (AvgIpc) is 3.55. The lowest BCUT2D eigenvalue weighted by atomic mass is 9.79. The zero-order valence-electron chi connectivity index (χ0n) is 23.4. The molecule has 0 saturated carbocycles. The number of nitrogens with zero attached hydrogens (tertiary/aromatic N) is 2. The largest absolute Gasteiger partial charge is 0.508 e. The molecule has 2 bridgehead atoms. The van der Waals surface area contributed by atoms with Crippen LogP contribution in [-0.2, 0) is 19.4 Å². The number of phenolic OH excluding ortho intramolecular Hbond substituents is 1. The van der Waals surface area contributed by atoms with E-state index in [4.69, 9.17) is 9.47 Å². The highest BCUT2D eigenvalue weighted by Gasteiger charge is 2.38. The van der Waals surface area contributed by atoms with Crippen LogP contribution in [0.15, 0.2) is 60.7 Å². The molecule has 3 aromatic carbocycles. The topological polar surface area (TPSA) is 45.2 Å². The lowest BCUT2D eigenvalue weighted by molar-refractivity contribution is 0.194. The molecule has 1 aliphatic carbocycles. The second-order valence-electron chi connectivity index (χ2n) is 11.5. The first-order valence-electron chi connectivity index (χ1n) is 14.8. The van der Waals surface area contributed by atoms with Crippen LogP contribution in [0.1, 0.15) is 67.2 Å². The number of rotatable bonds is 10. The van der Waals surface area contributed by atoms with Crippen LogP contribution in [0, 0.1) is 0 Å². The van der Waals surface area contributed by atoms with Crippen molar-refractivity contribution >= 4 is 5.69 Å². The van der Waals surface area contributed by atoms with E-state index in [1.165, 1.54) is 53.6 Å². The first-order valence-corrected chi connectivity index (χ1v) is 14.8. The molecule has 1 N–H and O–H groups in total. The molecular formula is C34H42N2O3. The first kappa shape index (κ1) is 26.1. The van der Waals surface area contributed by atoms with Gasteiger partial charge in [0.15, 0.2) is 0 Å². The van der Waals surface area contributed by atoms with Gasteiger partial charge in [0.25, 0.3) is 0 Å². The SMILES string of the molecule is CCN(Cc1ccc(OCCN2C3CCC2CC3)cc1)c1cc(OC)ccc1[C@@H]1CCc2cc(O)ccc2C1. The highest BCUT2D eigenvalue weighted by Crippen LogP contribution is 2.40. The van der Waals surface area contributed by atoms with E-state index in [0.717, 1.165) is 69.1 Å². The molecule has 0 spiro atoms. The Balaban J connectivity index is 1.13. The van der Waals surface area contributed by atoms with Gasteiger partial charge in [-0.3, -0.25) is 4.90 Å². The lowest BCUT2D eigenvalue weighted by Gasteiger charge is -2.32. The van der Waals surface area contributed by atoms with Crippen molar-refractivity contribution in [3.8, 4) is 17.2 Å². The van der Waals surface area contributed by atoms with Crippen molar-refractivity contribution in [3.63, 3.8) is 0 Å². The zero-order valence-corrected chi connectivity index (χ0v) is 23.4. The van der Waals surface area contributed by atoms with Crippen molar-refractivity contribution in [3.05, 3.63) is 82.9 Å². The molecule has 0 aromatic heterocycles. The number of hydrogen-bond donors (Lipinski definition) is 1. The molecule has 0 unspecified atom stereocenters. The summed E-state index contributed by atoms with van der Waals surface area (Å²) in [5.74, 6) is 2.66. The Labute approximate surface area is 233 Å². The van der Waals surface area contributed by atoms with Crippen molar-refractivity contribution in [1.29, 1.82) is 0 Å². The molecule has 3 aromatic rings. The molecule has 5 nitrogen and oxygen atoms in total. The summed E-state index contributed by atoms with van der Waals surface area (Å²) in [7, 11) is 1.74. The Morgan fingerprint density at radius 2 is 1.62 bits per heavy atom. The fourth-order valence-corrected chi connectivity index (χ4v) is 7.21. The van der Waals surface area contributed by atoms with Crippen LogP contribution in [0.5, 0.6) is 17.2 Å². The van der Waals surface area contributed by atoms with E-state index in [2.05, 4.69) is 65.3 Å². The number of benzene rings is 3. The smallest absolute Gasteiger partial charge is 0.120 e. The normalized spacial score (nSPS) is 22.1. The van der Waals surface area contributed by atoms with Crippen LogP contribution < -0.4 is 14.4 Å². The van der Waals surface area contributed by atoms with Gasteiger partial charge in [0.1, 0.15) is 23.9 Å². The van der Waals surface area contributed by atoms with Gasteiger partial charge in [0, 0.05) is 43.5 Å². The molecule has 3 aliphatic rings. The maximum Gasteiger partial charge on any atom is 0.120 e. The van der Waals surface area contributed by atoms with E-state index in [-0.39, 0.29) is 0 Å². The maximum absolute atomic E-state index is 9.91. The number of aryl methyl sites for hydroxylation is 1. The molecule has 1 atom stereocenters. The third-order valence-corrected chi connectivity index (χ3v) is 9.34. The van der Waals surface area contributed by atoms with E-state index in [0.29, 0.717) is 11.7 Å².